The first-order valence-corrected chi connectivity index (χ1v) is 44.9. The Balaban J connectivity index is 0.000000254. The number of hydrogen-bond acceptors (Lipinski definition) is 19. The fourth-order valence-electron chi connectivity index (χ4n) is 15.0. The van der Waals surface area contributed by atoms with Crippen LogP contribution in [0.5, 0.6) is 34.5 Å². The van der Waals surface area contributed by atoms with E-state index in [4.69, 9.17) is 52.1 Å². The Hall–Kier alpha value is -10.1. The molecule has 6 aromatic carbocycles. The maximum absolute atomic E-state index is 12.7. The van der Waals surface area contributed by atoms with Gasteiger partial charge in [-0.15, -0.1) is 0 Å². The van der Waals surface area contributed by atoms with E-state index in [1.165, 1.54) is 120 Å². The molecular formula is C102H134O19. The molecule has 0 unspecified atom stereocenters. The number of carbonyl (C=O) groups excluding carboxylic acids is 8. The molecule has 121 heavy (non-hydrogen) atoms. The number of unbranched alkanes of at least 4 members (excludes halogenated alkanes) is 16. The summed E-state index contributed by atoms with van der Waals surface area (Å²) in [6, 6.07) is 46.7. The summed E-state index contributed by atoms with van der Waals surface area (Å²) in [4.78, 5) is 95.7. The van der Waals surface area contributed by atoms with Gasteiger partial charge >= 0.3 is 47.8 Å². The van der Waals surface area contributed by atoms with Crippen molar-refractivity contribution in [2.24, 2.45) is 23.7 Å². The average Bonchev–Trinajstić information content (AvgIpc) is 0.874. The smallest absolute Gasteiger partial charge is 0.343 e. The standard InChI is InChI=1S/C40H56O8.C35H48O5.C27H30O6/c1-3-5-6-14-29-44-34-21-17-32(18-22-34)39(42)47-36-25-27-37(28-26-36)48-40(43)33-19-23-35(24-20-33)45-30-15-12-10-8-7-9-11-13-16-31-46-38(41)4-2;1-3-5-8-11-28-12-17-30(18-13-28)31-19-23-33(24-20-31)40-35(37)25-16-29-14-21-32(22-15-29)38-26-9-6-7-10-27-39-34(36)4-2;1-2-25(28)31-18-16-21-8-14-24(15-9-21)33-27(30)23-12-10-22(11-13-23)26(29)32-19-17-20-6-4-3-5-7-20/h4,19-20,23-28,32,34H,2-3,5-18,21-22,29-31H2,1H3;4,14-15,19-24,28,30H,2-3,5-13,16-18,25-27H2,1H3;2-9,14-15,22-23H,1,10-13,16-19H2. The van der Waals surface area contributed by atoms with Crippen LogP contribution < -0.4 is 28.4 Å². The van der Waals surface area contributed by atoms with Crippen LogP contribution in [0.3, 0.4) is 0 Å². The molecule has 0 saturated heterocycles. The Morgan fingerprint density at radius 3 is 1.21 bits per heavy atom. The van der Waals surface area contributed by atoms with Crippen molar-refractivity contribution in [3.05, 3.63) is 217 Å². The fourth-order valence-corrected chi connectivity index (χ4v) is 15.0. The summed E-state index contributed by atoms with van der Waals surface area (Å²) in [5.74, 6) is 2.06. The quantitative estimate of drug-likeness (QED) is 0.0113. The van der Waals surface area contributed by atoms with Crippen molar-refractivity contribution in [2.75, 3.05) is 46.2 Å². The third-order valence-electron chi connectivity index (χ3n) is 22.4. The molecule has 3 fully saturated rings. The van der Waals surface area contributed by atoms with Crippen LogP contribution in [0.25, 0.3) is 0 Å². The highest BCUT2D eigenvalue weighted by molar-refractivity contribution is 5.91. The Morgan fingerprint density at radius 2 is 0.711 bits per heavy atom. The Bertz CT molecular complexity index is 3940. The van der Waals surface area contributed by atoms with Crippen LogP contribution in [0, 0.1) is 23.7 Å². The minimum Gasteiger partial charge on any atom is -0.494 e. The normalized spacial score (nSPS) is 16.6. The molecule has 9 rings (SSSR count). The number of hydrogen-bond donors (Lipinski definition) is 0. The number of carbonyl (C=O) groups is 8. The van der Waals surface area contributed by atoms with Crippen molar-refractivity contribution in [1.29, 1.82) is 0 Å². The lowest BCUT2D eigenvalue weighted by molar-refractivity contribution is -0.152. The van der Waals surface area contributed by atoms with Gasteiger partial charge in [-0.05, 0) is 247 Å². The molecule has 0 amide bonds. The lowest BCUT2D eigenvalue weighted by atomic mass is 9.77. The zero-order valence-corrected chi connectivity index (χ0v) is 72.1. The van der Waals surface area contributed by atoms with Gasteiger partial charge in [-0.25, -0.2) is 19.2 Å². The SMILES string of the molecule is C=CC(=O)OCCCCCCCCCCCOc1ccc(C(=O)Oc2ccc(OC(=O)C3CCC(OCCCCCC)CC3)cc2)cc1.C=CC(=O)OCCCCCCOc1ccc(CCC(=O)Oc2ccc(C3CCC(CCCCC)CC3)cc2)cc1.C=CC(=O)OCCc1ccc(OC(=O)C2CCC(C(=O)OCCc3ccccc3)CC2)cc1. The highest BCUT2D eigenvalue weighted by Crippen LogP contribution is 2.39. The van der Waals surface area contributed by atoms with Gasteiger partial charge in [0.15, 0.2) is 0 Å². The first-order valence-electron chi connectivity index (χ1n) is 44.9. The lowest BCUT2D eigenvalue weighted by Crippen LogP contribution is -2.29. The van der Waals surface area contributed by atoms with E-state index in [0.717, 1.165) is 130 Å². The van der Waals surface area contributed by atoms with E-state index in [-0.39, 0.29) is 66.3 Å². The maximum atomic E-state index is 12.7. The van der Waals surface area contributed by atoms with E-state index in [1.54, 1.807) is 60.7 Å². The molecule has 3 aliphatic carbocycles. The highest BCUT2D eigenvalue weighted by Gasteiger charge is 2.33. The molecule has 656 valence electrons. The van der Waals surface area contributed by atoms with Crippen LogP contribution in [-0.2, 0) is 76.5 Å². The van der Waals surface area contributed by atoms with Gasteiger partial charge in [0.25, 0.3) is 0 Å². The molecule has 0 atom stereocenters. The molecule has 0 bridgehead atoms. The van der Waals surface area contributed by atoms with Crippen LogP contribution in [-0.4, -0.2) is 100 Å². The summed E-state index contributed by atoms with van der Waals surface area (Å²) in [6.07, 6.45) is 41.2. The predicted octanol–water partition coefficient (Wildman–Crippen LogP) is 22.8. The van der Waals surface area contributed by atoms with Gasteiger partial charge in [0.2, 0.25) is 0 Å². The highest BCUT2D eigenvalue weighted by atomic mass is 16.6. The van der Waals surface area contributed by atoms with Crippen LogP contribution >= 0.6 is 0 Å². The molecule has 19 heteroatoms. The molecule has 0 N–H and O–H groups in total. The second-order valence-electron chi connectivity index (χ2n) is 31.8. The van der Waals surface area contributed by atoms with Crippen LogP contribution in [0.2, 0.25) is 0 Å². The summed E-state index contributed by atoms with van der Waals surface area (Å²) in [7, 11) is 0. The van der Waals surface area contributed by atoms with Gasteiger partial charge in [0.1, 0.15) is 34.5 Å². The zero-order chi connectivity index (χ0) is 86.1. The summed E-state index contributed by atoms with van der Waals surface area (Å²) in [5, 5.41) is 0. The van der Waals surface area contributed by atoms with Gasteiger partial charge in [-0.1, -0.05) is 190 Å². The van der Waals surface area contributed by atoms with Gasteiger partial charge in [0.05, 0.1) is 69.1 Å². The number of benzene rings is 6. The summed E-state index contributed by atoms with van der Waals surface area (Å²) >= 11 is 0. The second-order valence-corrected chi connectivity index (χ2v) is 31.8. The van der Waals surface area contributed by atoms with Crippen LogP contribution in [0.1, 0.15) is 271 Å². The molecule has 0 radical (unpaired) electrons. The first-order chi connectivity index (χ1) is 59.1. The molecular weight excluding hydrogens is 1530 g/mol. The number of aryl methyl sites for hydroxylation is 1. The number of rotatable bonds is 52. The largest absolute Gasteiger partial charge is 0.494 e. The van der Waals surface area contributed by atoms with Gasteiger partial charge in [-0.3, -0.25) is 19.2 Å². The predicted molar refractivity (Wildman–Crippen MR) is 472 cm³/mol. The molecule has 0 aromatic heterocycles. The molecule has 0 aliphatic heterocycles. The van der Waals surface area contributed by atoms with Crippen molar-refractivity contribution in [3.8, 4) is 34.5 Å². The topological polar surface area (TPSA) is 238 Å². The monoisotopic (exact) mass is 1660 g/mol. The van der Waals surface area contributed by atoms with E-state index < -0.39 is 11.9 Å². The van der Waals surface area contributed by atoms with Crippen molar-refractivity contribution in [1.82, 2.24) is 0 Å². The van der Waals surface area contributed by atoms with Crippen molar-refractivity contribution in [3.63, 3.8) is 0 Å². The summed E-state index contributed by atoms with van der Waals surface area (Å²) in [6.45, 7) is 18.2. The van der Waals surface area contributed by atoms with E-state index in [2.05, 4.69) is 45.7 Å². The molecule has 3 aliphatic rings. The van der Waals surface area contributed by atoms with E-state index in [0.29, 0.717) is 119 Å². The molecule has 0 heterocycles. The minimum absolute atomic E-state index is 0.115. The van der Waals surface area contributed by atoms with E-state index >= 15 is 0 Å². The Morgan fingerprint density at radius 1 is 0.331 bits per heavy atom. The number of esters is 8. The average molecular weight is 1660 g/mol. The fraction of sp³-hybridized carbons (Fsp3) is 0.510. The van der Waals surface area contributed by atoms with Gasteiger partial charge < -0.3 is 52.1 Å². The molecule has 6 aromatic rings. The molecule has 0 spiro atoms. The zero-order valence-electron chi connectivity index (χ0n) is 72.1. The van der Waals surface area contributed by atoms with Crippen molar-refractivity contribution < 1.29 is 90.5 Å². The van der Waals surface area contributed by atoms with Crippen LogP contribution in [0.15, 0.2) is 190 Å². The van der Waals surface area contributed by atoms with Crippen molar-refractivity contribution >= 4 is 47.8 Å². The lowest BCUT2D eigenvalue weighted by Gasteiger charge is -2.29. The Labute approximate surface area is 719 Å². The summed E-state index contributed by atoms with van der Waals surface area (Å²) < 4.78 is 60.3. The van der Waals surface area contributed by atoms with E-state index in [1.807, 2.05) is 78.9 Å². The summed E-state index contributed by atoms with van der Waals surface area (Å²) in [5.41, 5.74) is 5.00. The third kappa shape index (κ3) is 41.3. The molecule has 3 saturated carbocycles. The second kappa shape index (κ2) is 59.5. The maximum Gasteiger partial charge on any atom is 0.343 e. The van der Waals surface area contributed by atoms with Gasteiger partial charge in [-0.2, -0.15) is 0 Å². The Kier molecular flexibility index (Phi) is 48.2. The minimum atomic E-state index is -0.466. The first kappa shape index (κ1) is 98.0. The van der Waals surface area contributed by atoms with Crippen LogP contribution in [0.4, 0.5) is 0 Å². The number of ether oxygens (including phenoxy) is 11. The van der Waals surface area contributed by atoms with Crippen molar-refractivity contribution in [2.45, 2.75) is 263 Å². The van der Waals surface area contributed by atoms with E-state index in [9.17, 15) is 38.4 Å². The third-order valence-corrected chi connectivity index (χ3v) is 22.4. The molecule has 19 nitrogen and oxygen atoms in total. The van der Waals surface area contributed by atoms with Gasteiger partial charge in [0, 0.05) is 44.1 Å².